The molecule has 0 saturated carbocycles. The van der Waals surface area contributed by atoms with Crippen molar-refractivity contribution < 1.29 is 44.0 Å². The van der Waals surface area contributed by atoms with Crippen molar-refractivity contribution >= 4 is 40.5 Å². The third-order valence-corrected chi connectivity index (χ3v) is 12.8. The van der Waals surface area contributed by atoms with Gasteiger partial charge >= 0.3 is 5.97 Å². The predicted molar refractivity (Wildman–Crippen MR) is 243 cm³/mol. The summed E-state index contributed by atoms with van der Waals surface area (Å²) in [6.45, 7) is 12.3. The second-order valence-corrected chi connectivity index (χ2v) is 19.0. The fourth-order valence-corrected chi connectivity index (χ4v) is 9.57. The highest BCUT2D eigenvalue weighted by molar-refractivity contribution is 5.97. The molecular weight excluding hydrogens is 845 g/mol. The van der Waals surface area contributed by atoms with E-state index in [0.29, 0.717) is 23.1 Å². The minimum Gasteiger partial charge on any atom is -0.508 e. The average molecular weight is 903 g/mol. The molecule has 2 aromatic carbocycles. The summed E-state index contributed by atoms with van der Waals surface area (Å²) in [5, 5.41) is 49.6. The zero-order valence-electron chi connectivity index (χ0n) is 38.2. The van der Waals surface area contributed by atoms with Gasteiger partial charge in [-0.1, -0.05) is 46.4 Å². The molecule has 4 aromatic rings. The molecule has 5 atom stereocenters. The van der Waals surface area contributed by atoms with Gasteiger partial charge < -0.3 is 39.7 Å². The number of likely N-dealkylation sites (tertiary alicyclic amines) is 1. The summed E-state index contributed by atoms with van der Waals surface area (Å²) in [5.41, 5.74) is 2.59. The molecule has 2 fully saturated rings. The van der Waals surface area contributed by atoms with Gasteiger partial charge in [0.25, 0.3) is 11.8 Å². The molecule has 0 aliphatic carbocycles. The lowest BCUT2D eigenvalue weighted by Crippen LogP contribution is -2.67. The van der Waals surface area contributed by atoms with Crippen LogP contribution in [0.5, 0.6) is 5.75 Å². The second-order valence-electron chi connectivity index (χ2n) is 19.0. The monoisotopic (exact) mass is 902 g/mol. The van der Waals surface area contributed by atoms with E-state index in [-0.39, 0.29) is 57.7 Å². The number of carbonyl (C=O) groups excluding carboxylic acids is 5. The quantitative estimate of drug-likeness (QED) is 0.126. The molecule has 1 unspecified atom stereocenters. The number of phenolic OH excluding ortho intramolecular Hbond substituents is 1. The van der Waals surface area contributed by atoms with Gasteiger partial charge in [-0.3, -0.25) is 29.2 Å². The maximum absolute atomic E-state index is 14.7. The number of aromatic nitrogens is 2. The highest BCUT2D eigenvalue weighted by atomic mass is 16.6. The van der Waals surface area contributed by atoms with E-state index in [4.69, 9.17) is 4.74 Å². The number of nitriles is 1. The summed E-state index contributed by atoms with van der Waals surface area (Å²) in [5.74, 6) is -4.31. The average Bonchev–Trinajstić information content (AvgIpc) is 3.84. The fraction of sp³-hybridized carbons (Fsp3) is 0.449. The van der Waals surface area contributed by atoms with Crippen LogP contribution in [0, 0.1) is 22.7 Å². The normalized spacial score (nSPS) is 23.1. The first-order valence-corrected chi connectivity index (χ1v) is 22.2. The van der Waals surface area contributed by atoms with Gasteiger partial charge in [0.05, 0.1) is 30.4 Å². The van der Waals surface area contributed by atoms with Crippen molar-refractivity contribution in [1.29, 1.82) is 5.26 Å². The number of esters is 1. The Morgan fingerprint density at radius 1 is 1.06 bits per heavy atom. The molecule has 2 aromatic heterocycles. The highest BCUT2D eigenvalue weighted by Crippen LogP contribution is 2.42. The first-order valence-electron chi connectivity index (χ1n) is 22.2. The summed E-state index contributed by atoms with van der Waals surface area (Å²) < 4.78 is 7.84. The fourth-order valence-electron chi connectivity index (χ4n) is 9.57. The number of aliphatic hydroxyl groups is 2. The zero-order chi connectivity index (χ0) is 47.9. The third kappa shape index (κ3) is 9.26. The number of carbonyl (C=O) groups is 5. The second kappa shape index (κ2) is 18.3. The number of benzene rings is 2. The van der Waals surface area contributed by atoms with E-state index in [2.05, 4.69) is 28.4 Å². The molecule has 7 rings (SSSR count). The van der Waals surface area contributed by atoms with Crippen LogP contribution < -0.4 is 10.7 Å². The van der Waals surface area contributed by atoms with Gasteiger partial charge in [-0.05, 0) is 90.4 Å². The van der Waals surface area contributed by atoms with E-state index < -0.39 is 70.4 Å². The maximum Gasteiger partial charge on any atom is 0.355 e. The number of ether oxygens (including phenoxy) is 1. The Kier molecular flexibility index (Phi) is 13.2. The summed E-state index contributed by atoms with van der Waals surface area (Å²) in [6, 6.07) is 13.6. The van der Waals surface area contributed by atoms with Gasteiger partial charge in [-0.2, -0.15) is 10.7 Å². The number of fused-ring (bicyclic) bond motifs is 6. The van der Waals surface area contributed by atoms with Gasteiger partial charge in [0.2, 0.25) is 17.5 Å². The molecule has 5 heterocycles. The van der Waals surface area contributed by atoms with E-state index >= 15 is 0 Å². The molecule has 0 radical (unpaired) electrons. The molecule has 17 nitrogen and oxygen atoms in total. The van der Waals surface area contributed by atoms with Gasteiger partial charge in [0.15, 0.2) is 5.60 Å². The lowest BCUT2D eigenvalue weighted by atomic mass is 9.84. The molecule has 3 aliphatic rings. The first-order chi connectivity index (χ1) is 31.2. The minimum absolute atomic E-state index is 0.0502. The summed E-state index contributed by atoms with van der Waals surface area (Å²) in [7, 11) is 1.38. The van der Waals surface area contributed by atoms with Gasteiger partial charge in [-0.25, -0.2) is 4.79 Å². The predicted octanol–water partition coefficient (Wildman–Crippen LogP) is 3.76. The number of nitrogens with one attached hydrogen (secondary N) is 2. The SMILES string of the molecule is C=CC(=O)N1CCC(O)(C(=O)N(C)[C@H](C(=O)N[C@H]2Cc3cc(O)cc(c3)-c3ccc4c(c3)c(c(-c3cccnc3)n4[C@H](C)C#N)CC(C)(C)COC(=O)[C@@]3(O)CCCN(N3)C2=O)C(C)C)C1. The molecule has 348 valence electrons. The zero-order valence-corrected chi connectivity index (χ0v) is 38.2. The van der Waals surface area contributed by atoms with Crippen LogP contribution in [0.1, 0.15) is 71.0 Å². The smallest absolute Gasteiger partial charge is 0.355 e. The number of phenols is 1. The van der Waals surface area contributed by atoms with Gasteiger partial charge in [-0.15, -0.1) is 0 Å². The maximum atomic E-state index is 14.7. The van der Waals surface area contributed by atoms with Crippen molar-refractivity contribution in [2.75, 3.05) is 33.3 Å². The van der Waals surface area contributed by atoms with Gasteiger partial charge in [0.1, 0.15) is 23.9 Å². The van der Waals surface area contributed by atoms with E-state index in [9.17, 15) is 44.6 Å². The number of rotatable bonds is 8. The summed E-state index contributed by atoms with van der Waals surface area (Å²) in [4.78, 5) is 76.2. The Bertz CT molecular complexity index is 2620. The van der Waals surface area contributed by atoms with Gasteiger partial charge in [0, 0.05) is 68.2 Å². The van der Waals surface area contributed by atoms with Crippen LogP contribution >= 0.6 is 0 Å². The van der Waals surface area contributed by atoms with Crippen LogP contribution in [0.2, 0.25) is 0 Å². The Labute approximate surface area is 383 Å². The van der Waals surface area contributed by atoms with Crippen molar-refractivity contribution in [3.63, 3.8) is 0 Å². The number of hydrazine groups is 1. The molecule has 4 amide bonds. The standard InChI is InChI=1S/C49H58N8O9/c1-8-40(59)55-18-15-48(64,27-55)45(62)54(7)41(29(2)3)43(60)52-38-21-31-19-34(22-35(58)20-31)32-12-13-39-36(23-32)37(42(57(39)30(4)25-50)33-11-9-16-51-26-33)24-47(5,6)28-66-46(63)49(65)14-10-17-56(53-49)44(38)61/h8-9,11-13,16,19-20,22-23,26,29-30,38,41,53,58,64-65H,1,10,14-15,17-18,21,24,27-28H2,2-7H3,(H,52,60)/t30-,38+,41+,48?,49+/m1/s1. The van der Waals surface area contributed by atoms with Crippen LogP contribution in [0.15, 0.2) is 73.6 Å². The van der Waals surface area contributed by atoms with Crippen LogP contribution in [0.3, 0.4) is 0 Å². The lowest BCUT2D eigenvalue weighted by molar-refractivity contribution is -0.189. The summed E-state index contributed by atoms with van der Waals surface area (Å²) >= 11 is 0. The van der Waals surface area contributed by atoms with Crippen LogP contribution in [-0.2, 0) is 41.6 Å². The molecule has 17 heteroatoms. The number of aromatic hydroxyl groups is 1. The van der Waals surface area contributed by atoms with Crippen molar-refractivity contribution in [2.45, 2.75) is 96.2 Å². The van der Waals surface area contributed by atoms with Crippen LogP contribution in [0.25, 0.3) is 33.3 Å². The van der Waals surface area contributed by atoms with E-state index in [1.165, 1.54) is 18.0 Å². The first kappa shape index (κ1) is 47.4. The van der Waals surface area contributed by atoms with Crippen LogP contribution in [0.4, 0.5) is 0 Å². The topological polar surface area (TPSA) is 231 Å². The number of likely N-dealkylation sites (N-methyl/N-ethyl adjacent to an activating group) is 1. The molecule has 66 heavy (non-hydrogen) atoms. The minimum atomic E-state index is -2.32. The number of β-amino-alcohol motifs (C(OH)–C–C–N with tert-alkyl or cyclic N) is 1. The number of hydrogen-bond acceptors (Lipinski definition) is 12. The van der Waals surface area contributed by atoms with Crippen molar-refractivity contribution in [3.8, 4) is 34.2 Å². The molecule has 5 N–H and O–H groups in total. The third-order valence-electron chi connectivity index (χ3n) is 12.8. The molecule has 6 bridgehead atoms. The molecular formula is C49H58N8O9. The van der Waals surface area contributed by atoms with Crippen molar-refractivity contribution in [2.24, 2.45) is 11.3 Å². The number of hydrogen-bond donors (Lipinski definition) is 5. The van der Waals surface area contributed by atoms with Crippen LogP contribution in [-0.4, -0.2) is 126 Å². The molecule has 3 aliphatic heterocycles. The number of amides is 4. The Morgan fingerprint density at radius 3 is 2.50 bits per heavy atom. The Hall–Kier alpha value is -6.61. The van der Waals surface area contributed by atoms with E-state index in [1.807, 2.05) is 55.7 Å². The Balaban J connectivity index is 1.32. The van der Waals surface area contributed by atoms with Crippen molar-refractivity contribution in [3.05, 3.63) is 84.7 Å². The number of nitrogens with zero attached hydrogens (tertiary/aromatic N) is 6. The number of cyclic esters (lactones) is 1. The Morgan fingerprint density at radius 2 is 1.82 bits per heavy atom. The van der Waals surface area contributed by atoms with E-state index in [0.717, 1.165) is 43.7 Å². The lowest BCUT2D eigenvalue weighted by Gasteiger charge is -2.40. The summed E-state index contributed by atoms with van der Waals surface area (Å²) in [6.07, 6.45) is 4.73. The highest BCUT2D eigenvalue weighted by Gasteiger charge is 2.49. The number of pyridine rings is 1. The molecule has 2 saturated heterocycles. The molecule has 0 spiro atoms. The van der Waals surface area contributed by atoms with Crippen molar-refractivity contribution in [1.82, 2.24) is 35.1 Å². The van der Waals surface area contributed by atoms with E-state index in [1.54, 1.807) is 38.4 Å². The largest absolute Gasteiger partial charge is 0.508 e.